The van der Waals surface area contributed by atoms with E-state index in [2.05, 4.69) is 15.4 Å². The fourth-order valence-corrected chi connectivity index (χ4v) is 3.64. The van der Waals surface area contributed by atoms with Crippen LogP contribution in [0.2, 0.25) is 0 Å². The van der Waals surface area contributed by atoms with Crippen molar-refractivity contribution in [3.05, 3.63) is 53.8 Å². The molecule has 1 saturated heterocycles. The van der Waals surface area contributed by atoms with E-state index in [0.717, 1.165) is 48.9 Å². The molecule has 4 rings (SSSR count). The number of carbonyl (C=O) groups excluding carboxylic acids is 1. The molecule has 1 aromatic carbocycles. The minimum absolute atomic E-state index is 0.0154. The van der Waals surface area contributed by atoms with Crippen LogP contribution in [0, 0.1) is 0 Å². The second-order valence-electron chi connectivity index (χ2n) is 5.94. The second-order valence-corrected chi connectivity index (χ2v) is 6.80. The van der Waals surface area contributed by atoms with Crippen LogP contribution in [0.15, 0.2) is 48.1 Å². The van der Waals surface area contributed by atoms with Crippen LogP contribution in [0.1, 0.15) is 16.9 Å². The first-order chi connectivity index (χ1) is 12.3. The average Bonchev–Trinajstić information content (AvgIpc) is 3.25. The maximum absolute atomic E-state index is 12.6. The van der Waals surface area contributed by atoms with Crippen molar-refractivity contribution in [1.29, 1.82) is 0 Å². The SMILES string of the molecule is O=C(c1csc(-c2cnn(-c3ccccc3)c2)n1)N1CCCNCC1. The van der Waals surface area contributed by atoms with Crippen molar-refractivity contribution in [3.8, 4) is 16.3 Å². The molecule has 1 fully saturated rings. The topological polar surface area (TPSA) is 63.1 Å². The molecule has 1 amide bonds. The summed E-state index contributed by atoms with van der Waals surface area (Å²) in [6.45, 7) is 3.32. The van der Waals surface area contributed by atoms with Gasteiger partial charge in [0, 0.05) is 36.8 Å². The molecule has 1 aliphatic rings. The Hall–Kier alpha value is -2.51. The highest BCUT2D eigenvalue weighted by molar-refractivity contribution is 7.13. The molecule has 0 atom stereocenters. The van der Waals surface area contributed by atoms with E-state index in [0.29, 0.717) is 5.69 Å². The third-order valence-corrected chi connectivity index (χ3v) is 5.09. The lowest BCUT2D eigenvalue weighted by Gasteiger charge is -2.18. The van der Waals surface area contributed by atoms with Gasteiger partial charge < -0.3 is 10.2 Å². The predicted octanol–water partition coefficient (Wildman–Crippen LogP) is 2.43. The minimum atomic E-state index is 0.0154. The number of nitrogens with zero attached hydrogens (tertiary/aromatic N) is 4. The molecule has 2 aromatic heterocycles. The first-order valence-corrected chi connectivity index (χ1v) is 9.25. The maximum Gasteiger partial charge on any atom is 0.273 e. The fraction of sp³-hybridized carbons (Fsp3) is 0.278. The van der Waals surface area contributed by atoms with Crippen LogP contribution < -0.4 is 5.32 Å². The first kappa shape index (κ1) is 16.0. The molecule has 3 aromatic rings. The molecule has 6 nitrogen and oxygen atoms in total. The van der Waals surface area contributed by atoms with Gasteiger partial charge in [-0.25, -0.2) is 9.67 Å². The number of rotatable bonds is 3. The largest absolute Gasteiger partial charge is 0.336 e. The Bertz CT molecular complexity index is 849. The van der Waals surface area contributed by atoms with E-state index in [1.807, 2.05) is 51.5 Å². The van der Waals surface area contributed by atoms with Crippen LogP contribution >= 0.6 is 11.3 Å². The molecule has 0 bridgehead atoms. The molecular weight excluding hydrogens is 334 g/mol. The van der Waals surface area contributed by atoms with Gasteiger partial charge >= 0.3 is 0 Å². The smallest absolute Gasteiger partial charge is 0.273 e. The molecular formula is C18H19N5OS. The lowest BCUT2D eigenvalue weighted by Crippen LogP contribution is -2.34. The Kier molecular flexibility index (Phi) is 4.58. The standard InChI is InChI=1S/C18H19N5OS/c24-18(22-9-4-7-19-8-10-22)16-13-25-17(21-16)14-11-20-23(12-14)15-5-2-1-3-6-15/h1-3,5-6,11-13,19H,4,7-10H2. The van der Waals surface area contributed by atoms with Gasteiger partial charge in [-0.05, 0) is 25.1 Å². The van der Waals surface area contributed by atoms with Crippen LogP contribution in [-0.4, -0.2) is 51.8 Å². The number of aromatic nitrogens is 3. The molecule has 25 heavy (non-hydrogen) atoms. The van der Waals surface area contributed by atoms with Gasteiger partial charge in [-0.15, -0.1) is 11.3 Å². The highest BCUT2D eigenvalue weighted by Gasteiger charge is 2.20. The summed E-state index contributed by atoms with van der Waals surface area (Å²) in [6.07, 6.45) is 4.71. The van der Waals surface area contributed by atoms with Gasteiger partial charge in [0.1, 0.15) is 10.7 Å². The van der Waals surface area contributed by atoms with Crippen molar-refractivity contribution >= 4 is 17.2 Å². The van der Waals surface area contributed by atoms with Crippen LogP contribution in [0.3, 0.4) is 0 Å². The molecule has 0 radical (unpaired) electrons. The number of para-hydroxylation sites is 1. The number of nitrogens with one attached hydrogen (secondary N) is 1. The minimum Gasteiger partial charge on any atom is -0.336 e. The quantitative estimate of drug-likeness (QED) is 0.785. The molecule has 7 heteroatoms. The Labute approximate surface area is 150 Å². The van der Waals surface area contributed by atoms with E-state index in [9.17, 15) is 4.79 Å². The number of carbonyl (C=O) groups is 1. The van der Waals surface area contributed by atoms with E-state index in [1.165, 1.54) is 11.3 Å². The van der Waals surface area contributed by atoms with Gasteiger partial charge in [0.15, 0.2) is 0 Å². The van der Waals surface area contributed by atoms with E-state index in [1.54, 1.807) is 6.20 Å². The van der Waals surface area contributed by atoms with Gasteiger partial charge in [-0.3, -0.25) is 4.79 Å². The zero-order valence-electron chi connectivity index (χ0n) is 13.8. The third kappa shape index (κ3) is 3.47. The number of amides is 1. The van der Waals surface area contributed by atoms with E-state index in [-0.39, 0.29) is 5.91 Å². The zero-order chi connectivity index (χ0) is 17.1. The molecule has 128 valence electrons. The van der Waals surface area contributed by atoms with E-state index < -0.39 is 0 Å². The van der Waals surface area contributed by atoms with Gasteiger partial charge in [0.25, 0.3) is 5.91 Å². The summed E-state index contributed by atoms with van der Waals surface area (Å²) < 4.78 is 1.82. The highest BCUT2D eigenvalue weighted by atomic mass is 32.1. The van der Waals surface area contributed by atoms with Gasteiger partial charge in [0.05, 0.1) is 11.9 Å². The Morgan fingerprint density at radius 1 is 1.16 bits per heavy atom. The Morgan fingerprint density at radius 3 is 2.92 bits per heavy atom. The van der Waals surface area contributed by atoms with Crippen molar-refractivity contribution in [1.82, 2.24) is 25.0 Å². The lowest BCUT2D eigenvalue weighted by molar-refractivity contribution is 0.0761. The molecule has 3 heterocycles. The van der Waals surface area contributed by atoms with Gasteiger partial charge in [-0.1, -0.05) is 18.2 Å². The Morgan fingerprint density at radius 2 is 2.04 bits per heavy atom. The number of benzene rings is 1. The molecule has 0 aliphatic carbocycles. The highest BCUT2D eigenvalue weighted by Crippen LogP contribution is 2.25. The van der Waals surface area contributed by atoms with E-state index in [4.69, 9.17) is 0 Å². The summed E-state index contributed by atoms with van der Waals surface area (Å²) in [5.41, 5.74) is 2.44. The van der Waals surface area contributed by atoms with Gasteiger partial charge in [-0.2, -0.15) is 5.10 Å². The normalized spacial score (nSPS) is 15.1. The zero-order valence-corrected chi connectivity index (χ0v) is 14.6. The number of hydrogen-bond acceptors (Lipinski definition) is 5. The second kappa shape index (κ2) is 7.16. The van der Waals surface area contributed by atoms with Crippen molar-refractivity contribution in [3.63, 3.8) is 0 Å². The summed E-state index contributed by atoms with van der Waals surface area (Å²) in [5, 5.41) is 10.4. The fourth-order valence-electron chi connectivity index (χ4n) is 2.87. The molecule has 0 saturated carbocycles. The van der Waals surface area contributed by atoms with E-state index >= 15 is 0 Å². The van der Waals surface area contributed by atoms with Crippen molar-refractivity contribution in [2.45, 2.75) is 6.42 Å². The van der Waals surface area contributed by atoms with Crippen LogP contribution in [-0.2, 0) is 0 Å². The number of thiazole rings is 1. The summed E-state index contributed by atoms with van der Waals surface area (Å²) >= 11 is 1.48. The average molecular weight is 353 g/mol. The summed E-state index contributed by atoms with van der Waals surface area (Å²) in [5.74, 6) is 0.0154. The summed E-state index contributed by atoms with van der Waals surface area (Å²) in [4.78, 5) is 19.1. The first-order valence-electron chi connectivity index (χ1n) is 8.37. The molecule has 0 unspecified atom stereocenters. The summed E-state index contributed by atoms with van der Waals surface area (Å²) in [7, 11) is 0. The maximum atomic E-state index is 12.6. The Balaban J connectivity index is 1.53. The number of hydrogen-bond donors (Lipinski definition) is 1. The monoisotopic (exact) mass is 353 g/mol. The lowest BCUT2D eigenvalue weighted by atomic mass is 10.3. The van der Waals surface area contributed by atoms with Crippen LogP contribution in [0.5, 0.6) is 0 Å². The summed E-state index contributed by atoms with van der Waals surface area (Å²) in [6, 6.07) is 9.94. The van der Waals surface area contributed by atoms with Crippen LogP contribution in [0.4, 0.5) is 0 Å². The predicted molar refractivity (Wildman–Crippen MR) is 98.1 cm³/mol. The van der Waals surface area contributed by atoms with Crippen molar-refractivity contribution in [2.75, 3.05) is 26.2 Å². The molecule has 1 N–H and O–H groups in total. The van der Waals surface area contributed by atoms with Crippen LogP contribution in [0.25, 0.3) is 16.3 Å². The third-order valence-electron chi connectivity index (χ3n) is 4.20. The van der Waals surface area contributed by atoms with Gasteiger partial charge in [0.2, 0.25) is 0 Å². The van der Waals surface area contributed by atoms with Crippen molar-refractivity contribution < 1.29 is 4.79 Å². The van der Waals surface area contributed by atoms with Crippen molar-refractivity contribution in [2.24, 2.45) is 0 Å². The molecule has 1 aliphatic heterocycles. The molecule has 0 spiro atoms.